The molecule has 0 fully saturated rings. The van der Waals surface area contributed by atoms with Crippen LogP contribution in [0.4, 0.5) is 4.39 Å². The zero-order valence-corrected chi connectivity index (χ0v) is 11.8. The highest BCUT2D eigenvalue weighted by molar-refractivity contribution is 9.10. The van der Waals surface area contributed by atoms with Crippen LogP contribution in [0.1, 0.15) is 11.1 Å². The van der Waals surface area contributed by atoms with Gasteiger partial charge in [0.05, 0.1) is 0 Å². The number of hydrogen-bond donors (Lipinski definition) is 0. The van der Waals surface area contributed by atoms with Gasteiger partial charge in [0.2, 0.25) is 0 Å². The maximum absolute atomic E-state index is 12.9. The van der Waals surface area contributed by atoms with Gasteiger partial charge in [0.25, 0.3) is 0 Å². The molecular formula is C17H12BrF. The fourth-order valence-electron chi connectivity index (χ4n) is 2.26. The zero-order valence-electron chi connectivity index (χ0n) is 10.2. The van der Waals surface area contributed by atoms with E-state index in [1.165, 1.54) is 28.5 Å². The fourth-order valence-corrected chi connectivity index (χ4v) is 2.92. The lowest BCUT2D eigenvalue weighted by Crippen LogP contribution is -1.89. The van der Waals surface area contributed by atoms with Crippen molar-refractivity contribution in [3.63, 3.8) is 0 Å². The molecule has 0 saturated heterocycles. The van der Waals surface area contributed by atoms with Gasteiger partial charge in [-0.3, -0.25) is 0 Å². The van der Waals surface area contributed by atoms with Crippen molar-refractivity contribution in [1.29, 1.82) is 0 Å². The van der Waals surface area contributed by atoms with Crippen LogP contribution in [0.5, 0.6) is 0 Å². The van der Waals surface area contributed by atoms with E-state index in [1.54, 1.807) is 0 Å². The highest BCUT2D eigenvalue weighted by Gasteiger charge is 2.03. The molecule has 0 aromatic heterocycles. The fraction of sp³-hybridized carbons (Fsp3) is 0.0588. The highest BCUT2D eigenvalue weighted by atomic mass is 79.9. The average molecular weight is 315 g/mol. The van der Waals surface area contributed by atoms with Gasteiger partial charge in [0.15, 0.2) is 0 Å². The van der Waals surface area contributed by atoms with Crippen LogP contribution in [0.15, 0.2) is 65.1 Å². The van der Waals surface area contributed by atoms with E-state index in [2.05, 4.69) is 40.2 Å². The van der Waals surface area contributed by atoms with Crippen molar-refractivity contribution in [2.45, 2.75) is 6.42 Å². The summed E-state index contributed by atoms with van der Waals surface area (Å²) in [6, 6.07) is 19.3. The second-order valence-corrected chi connectivity index (χ2v) is 5.46. The molecule has 94 valence electrons. The van der Waals surface area contributed by atoms with E-state index in [0.29, 0.717) is 0 Å². The van der Waals surface area contributed by atoms with Gasteiger partial charge in [-0.1, -0.05) is 58.4 Å². The SMILES string of the molecule is Fc1ccc(Cc2cc(Br)c3ccccc3c2)cc1. The van der Waals surface area contributed by atoms with Crippen LogP contribution in [0, 0.1) is 5.82 Å². The van der Waals surface area contributed by atoms with Crippen LogP contribution >= 0.6 is 15.9 Å². The van der Waals surface area contributed by atoms with Crippen molar-refractivity contribution < 1.29 is 4.39 Å². The maximum atomic E-state index is 12.9. The second kappa shape index (κ2) is 5.14. The first-order valence-corrected chi connectivity index (χ1v) is 6.93. The van der Waals surface area contributed by atoms with Crippen LogP contribution in [0.3, 0.4) is 0 Å². The van der Waals surface area contributed by atoms with Gasteiger partial charge in [-0.2, -0.15) is 0 Å². The molecule has 0 amide bonds. The molecule has 3 aromatic carbocycles. The summed E-state index contributed by atoms with van der Waals surface area (Å²) >= 11 is 3.61. The smallest absolute Gasteiger partial charge is 0.123 e. The van der Waals surface area contributed by atoms with Crippen LogP contribution in [0.2, 0.25) is 0 Å². The predicted octanol–water partition coefficient (Wildman–Crippen LogP) is 5.33. The molecule has 0 heterocycles. The van der Waals surface area contributed by atoms with Crippen molar-refractivity contribution in [2.75, 3.05) is 0 Å². The monoisotopic (exact) mass is 314 g/mol. The third-order valence-corrected chi connectivity index (χ3v) is 3.85. The summed E-state index contributed by atoms with van der Waals surface area (Å²) in [4.78, 5) is 0. The van der Waals surface area contributed by atoms with Crippen molar-refractivity contribution in [2.24, 2.45) is 0 Å². The Labute approximate surface area is 120 Å². The molecule has 3 aromatic rings. The minimum Gasteiger partial charge on any atom is -0.207 e. The van der Waals surface area contributed by atoms with E-state index in [0.717, 1.165) is 16.5 Å². The number of benzene rings is 3. The van der Waals surface area contributed by atoms with Crippen molar-refractivity contribution in [3.05, 3.63) is 82.1 Å². The van der Waals surface area contributed by atoms with Crippen LogP contribution in [-0.2, 0) is 6.42 Å². The van der Waals surface area contributed by atoms with E-state index in [4.69, 9.17) is 0 Å². The topological polar surface area (TPSA) is 0 Å². The number of fused-ring (bicyclic) bond motifs is 1. The van der Waals surface area contributed by atoms with Gasteiger partial charge in [0.1, 0.15) is 5.82 Å². The van der Waals surface area contributed by atoms with E-state index < -0.39 is 0 Å². The minimum atomic E-state index is -0.191. The zero-order chi connectivity index (χ0) is 13.2. The molecule has 0 aliphatic heterocycles. The Balaban J connectivity index is 1.99. The first-order chi connectivity index (χ1) is 9.22. The Morgan fingerprint density at radius 1 is 0.842 bits per heavy atom. The standard InChI is InChI=1S/C17H12BrF/c18-17-11-13(9-12-5-7-15(19)8-6-12)10-14-3-1-2-4-16(14)17/h1-8,10-11H,9H2. The first-order valence-electron chi connectivity index (χ1n) is 6.14. The summed E-state index contributed by atoms with van der Waals surface area (Å²) in [5, 5.41) is 2.43. The predicted molar refractivity (Wildman–Crippen MR) is 80.9 cm³/mol. The normalized spacial score (nSPS) is 10.8. The van der Waals surface area contributed by atoms with Gasteiger partial charge in [-0.15, -0.1) is 0 Å². The van der Waals surface area contributed by atoms with Crippen molar-refractivity contribution >= 4 is 26.7 Å². The van der Waals surface area contributed by atoms with Gasteiger partial charge >= 0.3 is 0 Å². The van der Waals surface area contributed by atoms with Gasteiger partial charge < -0.3 is 0 Å². The Morgan fingerprint density at radius 2 is 1.58 bits per heavy atom. The molecule has 0 radical (unpaired) electrons. The highest BCUT2D eigenvalue weighted by Crippen LogP contribution is 2.26. The molecule has 0 aliphatic carbocycles. The lowest BCUT2D eigenvalue weighted by Gasteiger charge is -2.06. The Bertz CT molecular complexity index is 717. The van der Waals surface area contributed by atoms with Crippen molar-refractivity contribution in [1.82, 2.24) is 0 Å². The molecule has 0 spiro atoms. The average Bonchev–Trinajstić information content (AvgIpc) is 2.42. The van der Waals surface area contributed by atoms with E-state index in [9.17, 15) is 4.39 Å². The van der Waals surface area contributed by atoms with E-state index in [-0.39, 0.29) is 5.82 Å². The molecule has 19 heavy (non-hydrogen) atoms. The molecule has 0 nitrogen and oxygen atoms in total. The van der Waals surface area contributed by atoms with E-state index >= 15 is 0 Å². The van der Waals surface area contributed by atoms with Gasteiger partial charge in [-0.05, 0) is 46.5 Å². The van der Waals surface area contributed by atoms with Gasteiger partial charge in [0, 0.05) is 4.47 Å². The number of rotatable bonds is 2. The third kappa shape index (κ3) is 2.69. The molecule has 0 N–H and O–H groups in total. The van der Waals surface area contributed by atoms with Crippen LogP contribution in [0.25, 0.3) is 10.8 Å². The maximum Gasteiger partial charge on any atom is 0.123 e. The van der Waals surface area contributed by atoms with Gasteiger partial charge in [-0.25, -0.2) is 4.39 Å². The largest absolute Gasteiger partial charge is 0.207 e. The molecule has 0 atom stereocenters. The van der Waals surface area contributed by atoms with Crippen LogP contribution < -0.4 is 0 Å². The second-order valence-electron chi connectivity index (χ2n) is 4.60. The van der Waals surface area contributed by atoms with Crippen molar-refractivity contribution in [3.8, 4) is 0 Å². The minimum absolute atomic E-state index is 0.191. The summed E-state index contributed by atoms with van der Waals surface area (Å²) in [6.07, 6.45) is 0.809. The lowest BCUT2D eigenvalue weighted by atomic mass is 10.0. The lowest BCUT2D eigenvalue weighted by molar-refractivity contribution is 0.627. The summed E-state index contributed by atoms with van der Waals surface area (Å²) < 4.78 is 14.0. The quantitative estimate of drug-likeness (QED) is 0.599. The molecular weight excluding hydrogens is 303 g/mol. The van der Waals surface area contributed by atoms with E-state index in [1.807, 2.05) is 24.3 Å². The first kappa shape index (κ1) is 12.4. The Kier molecular flexibility index (Phi) is 3.34. The summed E-state index contributed by atoms with van der Waals surface area (Å²) in [5.41, 5.74) is 2.33. The Hall–Kier alpha value is -1.67. The molecule has 0 aliphatic rings. The van der Waals surface area contributed by atoms with Crippen LogP contribution in [-0.4, -0.2) is 0 Å². The number of hydrogen-bond acceptors (Lipinski definition) is 0. The summed E-state index contributed by atoms with van der Waals surface area (Å²) in [6.45, 7) is 0. The Morgan fingerprint density at radius 3 is 2.37 bits per heavy atom. The molecule has 0 saturated carbocycles. The summed E-state index contributed by atoms with van der Waals surface area (Å²) in [5.74, 6) is -0.191. The summed E-state index contributed by atoms with van der Waals surface area (Å²) in [7, 11) is 0. The number of halogens is 2. The molecule has 0 bridgehead atoms. The molecule has 2 heteroatoms. The molecule has 3 rings (SSSR count). The molecule has 0 unspecified atom stereocenters. The third-order valence-electron chi connectivity index (χ3n) is 3.19.